The number of benzene rings is 1. The first-order chi connectivity index (χ1) is 10.0. The van der Waals surface area contributed by atoms with E-state index in [1.807, 2.05) is 18.2 Å². The first kappa shape index (κ1) is 15.6. The molecule has 1 saturated carbocycles. The van der Waals surface area contributed by atoms with Gasteiger partial charge in [-0.2, -0.15) is 0 Å². The van der Waals surface area contributed by atoms with Gasteiger partial charge in [-0.05, 0) is 55.4 Å². The van der Waals surface area contributed by atoms with E-state index in [1.165, 1.54) is 6.08 Å². The number of rotatable bonds is 4. The lowest BCUT2D eigenvalue weighted by Gasteiger charge is -2.38. The molecule has 4 heteroatoms. The van der Waals surface area contributed by atoms with E-state index in [0.29, 0.717) is 11.6 Å². The fourth-order valence-corrected chi connectivity index (χ4v) is 2.77. The van der Waals surface area contributed by atoms with Crippen LogP contribution in [0.15, 0.2) is 30.3 Å². The van der Waals surface area contributed by atoms with Crippen LogP contribution in [0.5, 0.6) is 0 Å². The van der Waals surface area contributed by atoms with Crippen molar-refractivity contribution in [2.24, 2.45) is 5.92 Å². The van der Waals surface area contributed by atoms with Gasteiger partial charge in [-0.3, -0.25) is 4.79 Å². The fourth-order valence-electron chi connectivity index (χ4n) is 2.77. The van der Waals surface area contributed by atoms with Crippen molar-refractivity contribution in [1.29, 1.82) is 0 Å². The molecule has 1 aliphatic carbocycles. The zero-order chi connectivity index (χ0) is 15.3. The van der Waals surface area contributed by atoms with E-state index in [0.717, 1.165) is 31.2 Å². The molecule has 0 bridgehead atoms. The minimum Gasteiger partial charge on any atom is -0.399 e. The van der Waals surface area contributed by atoms with Crippen molar-refractivity contribution in [1.82, 2.24) is 5.32 Å². The average Bonchev–Trinajstić information content (AvgIpc) is 2.48. The molecule has 1 aliphatic rings. The SMILES string of the molecule is CC1CCC(CO)(NC(=O)/C=C/c2cccc(N)c2)CC1. The van der Waals surface area contributed by atoms with Crippen LogP contribution in [-0.4, -0.2) is 23.2 Å². The van der Waals surface area contributed by atoms with Gasteiger partial charge in [-0.1, -0.05) is 19.1 Å². The van der Waals surface area contributed by atoms with Crippen LogP contribution in [0.4, 0.5) is 5.69 Å². The molecule has 0 atom stereocenters. The van der Waals surface area contributed by atoms with E-state index in [1.54, 1.807) is 12.1 Å². The summed E-state index contributed by atoms with van der Waals surface area (Å²) in [6.45, 7) is 2.21. The quantitative estimate of drug-likeness (QED) is 0.588. The Balaban J connectivity index is 1.97. The first-order valence-electron chi connectivity index (χ1n) is 7.50. The fraction of sp³-hybridized carbons (Fsp3) is 0.471. The minimum absolute atomic E-state index is 0.00240. The van der Waals surface area contributed by atoms with E-state index in [4.69, 9.17) is 5.73 Å². The standard InChI is InChI=1S/C17H24N2O2/c1-13-7-9-17(12-20,10-8-13)19-16(21)6-5-14-3-2-4-15(18)11-14/h2-6,11,13,20H,7-10,12,18H2,1H3,(H,19,21)/b6-5+. The highest BCUT2D eigenvalue weighted by Crippen LogP contribution is 2.31. The summed E-state index contributed by atoms with van der Waals surface area (Å²) < 4.78 is 0. The van der Waals surface area contributed by atoms with Crippen molar-refractivity contribution in [3.8, 4) is 0 Å². The van der Waals surface area contributed by atoms with Crippen LogP contribution >= 0.6 is 0 Å². The van der Waals surface area contributed by atoms with E-state index in [-0.39, 0.29) is 12.5 Å². The maximum atomic E-state index is 12.1. The van der Waals surface area contributed by atoms with Crippen LogP contribution in [-0.2, 0) is 4.79 Å². The molecule has 0 unspecified atom stereocenters. The third kappa shape index (κ3) is 4.33. The number of carbonyl (C=O) groups excluding carboxylic acids is 1. The lowest BCUT2D eigenvalue weighted by molar-refractivity contribution is -0.119. The molecular weight excluding hydrogens is 264 g/mol. The van der Waals surface area contributed by atoms with Crippen LogP contribution in [0, 0.1) is 5.92 Å². The van der Waals surface area contributed by atoms with Crippen molar-refractivity contribution in [3.63, 3.8) is 0 Å². The second kappa shape index (κ2) is 6.76. The molecule has 21 heavy (non-hydrogen) atoms. The highest BCUT2D eigenvalue weighted by molar-refractivity contribution is 5.92. The lowest BCUT2D eigenvalue weighted by atomic mass is 9.77. The molecule has 1 aromatic rings. The van der Waals surface area contributed by atoms with Gasteiger partial charge in [-0.25, -0.2) is 0 Å². The number of hydrogen-bond donors (Lipinski definition) is 3. The number of aliphatic hydroxyl groups excluding tert-OH is 1. The summed E-state index contributed by atoms with van der Waals surface area (Å²) in [6.07, 6.45) is 7.00. The summed E-state index contributed by atoms with van der Waals surface area (Å²) in [5, 5.41) is 12.6. The highest BCUT2D eigenvalue weighted by atomic mass is 16.3. The predicted molar refractivity (Wildman–Crippen MR) is 85.5 cm³/mol. The third-order valence-electron chi connectivity index (χ3n) is 4.26. The van der Waals surface area contributed by atoms with Gasteiger partial charge < -0.3 is 16.2 Å². The van der Waals surface area contributed by atoms with Crippen LogP contribution in [0.25, 0.3) is 6.08 Å². The Morgan fingerprint density at radius 1 is 1.48 bits per heavy atom. The van der Waals surface area contributed by atoms with Gasteiger partial charge in [0.1, 0.15) is 0 Å². The van der Waals surface area contributed by atoms with Gasteiger partial charge in [0.2, 0.25) is 5.91 Å². The van der Waals surface area contributed by atoms with Crippen molar-refractivity contribution >= 4 is 17.7 Å². The molecule has 4 N–H and O–H groups in total. The zero-order valence-corrected chi connectivity index (χ0v) is 12.5. The van der Waals surface area contributed by atoms with Gasteiger partial charge in [-0.15, -0.1) is 0 Å². The summed E-state index contributed by atoms with van der Waals surface area (Å²) in [4.78, 5) is 12.1. The number of nitrogen functional groups attached to an aromatic ring is 1. The van der Waals surface area contributed by atoms with Crippen LogP contribution < -0.4 is 11.1 Å². The third-order valence-corrected chi connectivity index (χ3v) is 4.26. The van der Waals surface area contributed by atoms with E-state index >= 15 is 0 Å². The van der Waals surface area contributed by atoms with E-state index in [2.05, 4.69) is 12.2 Å². The summed E-state index contributed by atoms with van der Waals surface area (Å²) in [7, 11) is 0. The molecule has 2 rings (SSSR count). The van der Waals surface area contributed by atoms with Crippen LogP contribution in [0.3, 0.4) is 0 Å². The van der Waals surface area contributed by atoms with Gasteiger partial charge in [0.25, 0.3) is 0 Å². The minimum atomic E-state index is -0.455. The largest absolute Gasteiger partial charge is 0.399 e. The lowest BCUT2D eigenvalue weighted by Crippen LogP contribution is -2.52. The smallest absolute Gasteiger partial charge is 0.244 e. The zero-order valence-electron chi connectivity index (χ0n) is 12.5. The topological polar surface area (TPSA) is 75.3 Å². The number of nitrogens with two attached hydrogens (primary N) is 1. The van der Waals surface area contributed by atoms with E-state index in [9.17, 15) is 9.90 Å². The van der Waals surface area contributed by atoms with Crippen molar-refractivity contribution < 1.29 is 9.90 Å². The van der Waals surface area contributed by atoms with Crippen LogP contribution in [0.1, 0.15) is 38.2 Å². The number of carbonyl (C=O) groups is 1. The highest BCUT2D eigenvalue weighted by Gasteiger charge is 2.34. The van der Waals surface area contributed by atoms with Crippen molar-refractivity contribution in [2.75, 3.05) is 12.3 Å². The monoisotopic (exact) mass is 288 g/mol. The molecular formula is C17H24N2O2. The Bertz CT molecular complexity index is 517. The molecule has 0 saturated heterocycles. The molecule has 0 radical (unpaired) electrons. The van der Waals surface area contributed by atoms with Crippen molar-refractivity contribution in [2.45, 2.75) is 38.1 Å². The molecule has 1 fully saturated rings. The van der Waals surface area contributed by atoms with Crippen LogP contribution in [0.2, 0.25) is 0 Å². The van der Waals surface area contributed by atoms with Gasteiger partial charge in [0, 0.05) is 11.8 Å². The Morgan fingerprint density at radius 3 is 2.81 bits per heavy atom. The molecule has 114 valence electrons. The summed E-state index contributed by atoms with van der Waals surface area (Å²) in [5.74, 6) is 0.505. The molecule has 0 spiro atoms. The molecule has 1 amide bonds. The normalized spacial score (nSPS) is 25.9. The second-order valence-corrected chi connectivity index (χ2v) is 6.11. The average molecular weight is 288 g/mol. The van der Waals surface area contributed by atoms with E-state index < -0.39 is 5.54 Å². The summed E-state index contributed by atoms with van der Waals surface area (Å²) in [6, 6.07) is 7.37. The Labute approximate surface area is 126 Å². The summed E-state index contributed by atoms with van der Waals surface area (Å²) in [5.41, 5.74) is 6.81. The Hall–Kier alpha value is -1.81. The molecule has 0 aliphatic heterocycles. The van der Waals surface area contributed by atoms with Gasteiger partial charge in [0.15, 0.2) is 0 Å². The second-order valence-electron chi connectivity index (χ2n) is 6.11. The molecule has 1 aromatic carbocycles. The summed E-state index contributed by atoms with van der Waals surface area (Å²) >= 11 is 0. The van der Waals surface area contributed by atoms with Gasteiger partial charge >= 0.3 is 0 Å². The predicted octanol–water partition coefficient (Wildman–Crippen LogP) is 2.34. The number of amides is 1. The van der Waals surface area contributed by atoms with Crippen molar-refractivity contribution in [3.05, 3.63) is 35.9 Å². The number of hydrogen-bond acceptors (Lipinski definition) is 3. The maximum Gasteiger partial charge on any atom is 0.244 e. The first-order valence-corrected chi connectivity index (χ1v) is 7.50. The molecule has 0 aromatic heterocycles. The number of aliphatic hydroxyl groups is 1. The Kier molecular flexibility index (Phi) is 5.02. The molecule has 0 heterocycles. The molecule has 4 nitrogen and oxygen atoms in total. The Morgan fingerprint density at radius 2 is 2.19 bits per heavy atom. The maximum absolute atomic E-state index is 12.1. The number of nitrogens with one attached hydrogen (secondary N) is 1. The number of anilines is 1. The van der Waals surface area contributed by atoms with Gasteiger partial charge in [0.05, 0.1) is 12.1 Å².